The van der Waals surface area contributed by atoms with E-state index < -0.39 is 21.2 Å². The lowest BCUT2D eigenvalue weighted by molar-refractivity contribution is 0.0151. The number of anilines is 1. The molecule has 2 N–H and O–H groups in total. The average molecular weight is 530 g/mol. The molecule has 9 heteroatoms. The SMILES string of the molecule is Cc1ccccc1NC(=O)c1ccc(S(=O)(=O)NC(C)(C)C2CCN(C(=O)OC(C)(C)C)CC2)cc1C. The van der Waals surface area contributed by atoms with Gasteiger partial charge in [0.1, 0.15) is 5.60 Å². The number of nitrogens with one attached hydrogen (secondary N) is 2. The predicted molar refractivity (Wildman–Crippen MR) is 145 cm³/mol. The van der Waals surface area contributed by atoms with Gasteiger partial charge in [0.05, 0.1) is 4.90 Å². The van der Waals surface area contributed by atoms with E-state index >= 15 is 0 Å². The minimum Gasteiger partial charge on any atom is -0.444 e. The number of carbonyl (C=O) groups is 2. The van der Waals surface area contributed by atoms with Gasteiger partial charge in [-0.05, 0) is 103 Å². The molecule has 202 valence electrons. The third kappa shape index (κ3) is 7.32. The number of ether oxygens (including phenoxy) is 1. The van der Waals surface area contributed by atoms with Crippen LogP contribution in [-0.4, -0.2) is 49.5 Å². The van der Waals surface area contributed by atoms with Crippen LogP contribution in [0.25, 0.3) is 0 Å². The van der Waals surface area contributed by atoms with Crippen molar-refractivity contribution in [3.8, 4) is 0 Å². The number of hydrogen-bond acceptors (Lipinski definition) is 5. The summed E-state index contributed by atoms with van der Waals surface area (Å²) in [4.78, 5) is 27.0. The molecule has 0 saturated carbocycles. The number of benzene rings is 2. The molecule has 1 aliphatic rings. The van der Waals surface area contributed by atoms with Crippen molar-refractivity contribution in [1.82, 2.24) is 9.62 Å². The lowest BCUT2D eigenvalue weighted by Crippen LogP contribution is -2.53. The normalized spacial score (nSPS) is 15.4. The number of sulfonamides is 1. The number of hydrogen-bond donors (Lipinski definition) is 2. The summed E-state index contributed by atoms with van der Waals surface area (Å²) in [5.74, 6) is -0.248. The number of piperidine rings is 1. The van der Waals surface area contributed by atoms with Crippen molar-refractivity contribution in [2.24, 2.45) is 5.92 Å². The Hall–Kier alpha value is -2.91. The molecule has 0 spiro atoms. The highest BCUT2D eigenvalue weighted by atomic mass is 32.2. The van der Waals surface area contributed by atoms with E-state index in [1.807, 2.05) is 65.8 Å². The summed E-state index contributed by atoms with van der Waals surface area (Å²) in [5, 5.41) is 2.89. The molecule has 0 aliphatic carbocycles. The van der Waals surface area contributed by atoms with Crippen molar-refractivity contribution in [2.75, 3.05) is 18.4 Å². The van der Waals surface area contributed by atoms with Crippen molar-refractivity contribution in [3.63, 3.8) is 0 Å². The molecule has 1 fully saturated rings. The van der Waals surface area contributed by atoms with Gasteiger partial charge in [0.2, 0.25) is 10.0 Å². The highest BCUT2D eigenvalue weighted by Crippen LogP contribution is 2.31. The largest absolute Gasteiger partial charge is 0.444 e. The molecule has 2 aromatic rings. The molecule has 0 radical (unpaired) electrons. The maximum Gasteiger partial charge on any atom is 0.410 e. The molecule has 0 atom stereocenters. The van der Waals surface area contributed by atoms with Gasteiger partial charge in [-0.25, -0.2) is 17.9 Å². The molecular formula is C28H39N3O5S. The Morgan fingerprint density at radius 2 is 1.57 bits per heavy atom. The minimum atomic E-state index is -3.84. The summed E-state index contributed by atoms with van der Waals surface area (Å²) >= 11 is 0. The fraction of sp³-hybridized carbons (Fsp3) is 0.500. The molecule has 2 amide bonds. The molecule has 1 heterocycles. The Bertz CT molecular complexity index is 1260. The van der Waals surface area contributed by atoms with Crippen LogP contribution >= 0.6 is 0 Å². The Kier molecular flexibility index (Phi) is 8.39. The topological polar surface area (TPSA) is 105 Å². The number of aryl methyl sites for hydroxylation is 2. The van der Waals surface area contributed by atoms with Gasteiger partial charge in [-0.3, -0.25) is 4.79 Å². The first-order valence-corrected chi connectivity index (χ1v) is 14.1. The summed E-state index contributed by atoms with van der Waals surface area (Å²) in [6.07, 6.45) is 0.976. The van der Waals surface area contributed by atoms with Gasteiger partial charge < -0.3 is 15.0 Å². The van der Waals surface area contributed by atoms with E-state index in [0.29, 0.717) is 42.7 Å². The van der Waals surface area contributed by atoms with Gasteiger partial charge in [-0.1, -0.05) is 18.2 Å². The van der Waals surface area contributed by atoms with E-state index in [1.54, 1.807) is 17.9 Å². The van der Waals surface area contributed by atoms with Gasteiger partial charge in [0.15, 0.2) is 0 Å². The van der Waals surface area contributed by atoms with E-state index in [1.165, 1.54) is 12.1 Å². The summed E-state index contributed by atoms with van der Waals surface area (Å²) in [5.41, 5.74) is 1.35. The van der Waals surface area contributed by atoms with Crippen molar-refractivity contribution in [1.29, 1.82) is 0 Å². The maximum atomic E-state index is 13.3. The zero-order chi connectivity index (χ0) is 27.6. The molecule has 8 nitrogen and oxygen atoms in total. The van der Waals surface area contributed by atoms with Gasteiger partial charge >= 0.3 is 6.09 Å². The fourth-order valence-corrected chi connectivity index (χ4v) is 6.12. The quantitative estimate of drug-likeness (QED) is 0.531. The zero-order valence-corrected chi connectivity index (χ0v) is 23.7. The van der Waals surface area contributed by atoms with E-state index in [4.69, 9.17) is 4.74 Å². The van der Waals surface area contributed by atoms with E-state index in [9.17, 15) is 18.0 Å². The number of nitrogens with zero attached hydrogens (tertiary/aromatic N) is 1. The average Bonchev–Trinajstić information content (AvgIpc) is 2.78. The van der Waals surface area contributed by atoms with Crippen molar-refractivity contribution >= 4 is 27.7 Å². The Balaban J connectivity index is 1.67. The summed E-state index contributed by atoms with van der Waals surface area (Å²) in [6, 6.07) is 12.0. The third-order valence-corrected chi connectivity index (χ3v) is 8.38. The van der Waals surface area contributed by atoms with Crippen molar-refractivity contribution < 1.29 is 22.7 Å². The molecule has 1 saturated heterocycles. The Morgan fingerprint density at radius 1 is 0.946 bits per heavy atom. The molecule has 0 unspecified atom stereocenters. The maximum absolute atomic E-state index is 13.3. The van der Waals surface area contributed by atoms with Gasteiger partial charge in [0, 0.05) is 29.9 Å². The summed E-state index contributed by atoms with van der Waals surface area (Å²) in [7, 11) is -3.84. The van der Waals surface area contributed by atoms with Crippen LogP contribution in [0.15, 0.2) is 47.4 Å². The highest BCUT2D eigenvalue weighted by Gasteiger charge is 2.38. The van der Waals surface area contributed by atoms with E-state index in [2.05, 4.69) is 10.0 Å². The predicted octanol–water partition coefficient (Wildman–Crippen LogP) is 5.26. The Labute approximate surface area is 220 Å². The number of rotatable bonds is 6. The molecular weight excluding hydrogens is 490 g/mol. The van der Waals surface area contributed by atoms with Crippen LogP contribution in [0.4, 0.5) is 10.5 Å². The van der Waals surface area contributed by atoms with Crippen LogP contribution in [0.5, 0.6) is 0 Å². The first-order valence-electron chi connectivity index (χ1n) is 12.6. The molecule has 0 aromatic heterocycles. The van der Waals surface area contributed by atoms with Crippen molar-refractivity contribution in [3.05, 3.63) is 59.2 Å². The van der Waals surface area contributed by atoms with Crippen LogP contribution in [0.1, 0.15) is 68.9 Å². The molecule has 3 rings (SSSR count). The Morgan fingerprint density at radius 3 is 2.14 bits per heavy atom. The summed E-state index contributed by atoms with van der Waals surface area (Å²) < 4.78 is 34.9. The van der Waals surface area contributed by atoms with Crippen LogP contribution in [0.2, 0.25) is 0 Å². The van der Waals surface area contributed by atoms with Gasteiger partial charge in [-0.15, -0.1) is 0 Å². The summed E-state index contributed by atoms with van der Waals surface area (Å²) in [6.45, 7) is 13.9. The second-order valence-electron chi connectivity index (χ2n) is 11.3. The first-order chi connectivity index (χ1) is 17.1. The molecule has 37 heavy (non-hydrogen) atoms. The standard InChI is InChI=1S/C28H39N3O5S/c1-19-10-8-9-11-24(19)29-25(32)23-13-12-22(18-20(23)2)37(34,35)30-28(6,7)21-14-16-31(17-15-21)26(33)36-27(3,4)5/h8-13,18,21,30H,14-17H2,1-7H3,(H,29,32). The van der Waals surface area contributed by atoms with Crippen LogP contribution in [0, 0.1) is 19.8 Å². The monoisotopic (exact) mass is 529 g/mol. The van der Waals surface area contributed by atoms with E-state index in [0.717, 1.165) is 5.56 Å². The number of amides is 2. The van der Waals surface area contributed by atoms with Crippen LogP contribution in [-0.2, 0) is 14.8 Å². The second kappa shape index (κ2) is 10.8. The zero-order valence-electron chi connectivity index (χ0n) is 22.8. The number of likely N-dealkylation sites (tertiary alicyclic amines) is 1. The van der Waals surface area contributed by atoms with Crippen LogP contribution < -0.4 is 10.0 Å². The van der Waals surface area contributed by atoms with Crippen LogP contribution in [0.3, 0.4) is 0 Å². The van der Waals surface area contributed by atoms with Gasteiger partial charge in [-0.2, -0.15) is 0 Å². The highest BCUT2D eigenvalue weighted by molar-refractivity contribution is 7.89. The second-order valence-corrected chi connectivity index (χ2v) is 13.0. The lowest BCUT2D eigenvalue weighted by atomic mass is 9.81. The number of carbonyl (C=O) groups excluding carboxylic acids is 2. The van der Waals surface area contributed by atoms with E-state index in [-0.39, 0.29) is 22.8 Å². The van der Waals surface area contributed by atoms with Gasteiger partial charge in [0.25, 0.3) is 5.91 Å². The number of para-hydroxylation sites is 1. The third-order valence-electron chi connectivity index (χ3n) is 6.71. The molecule has 2 aromatic carbocycles. The minimum absolute atomic E-state index is 0.0428. The lowest BCUT2D eigenvalue weighted by Gasteiger charge is -2.41. The molecule has 1 aliphatic heterocycles. The first kappa shape index (κ1) is 28.7. The fourth-order valence-electron chi connectivity index (χ4n) is 4.56. The molecule has 0 bridgehead atoms. The smallest absolute Gasteiger partial charge is 0.410 e. The van der Waals surface area contributed by atoms with Crippen molar-refractivity contribution in [2.45, 2.75) is 77.3 Å².